The molecule has 0 fully saturated rings. The van der Waals surface area contributed by atoms with E-state index in [2.05, 4.69) is 5.32 Å². The maximum absolute atomic E-state index is 12.3. The molecule has 0 heterocycles. The van der Waals surface area contributed by atoms with E-state index in [4.69, 9.17) is 4.74 Å². The highest BCUT2D eigenvalue weighted by Gasteiger charge is 2.21. The summed E-state index contributed by atoms with van der Waals surface area (Å²) in [7, 11) is 0. The quantitative estimate of drug-likeness (QED) is 0.528. The van der Waals surface area contributed by atoms with E-state index in [9.17, 15) is 14.4 Å². The number of ether oxygens (including phenoxy) is 1. The van der Waals surface area contributed by atoms with Crippen molar-refractivity contribution < 1.29 is 19.1 Å². The Morgan fingerprint density at radius 3 is 2.22 bits per heavy atom. The second-order valence-corrected chi connectivity index (χ2v) is 6.28. The summed E-state index contributed by atoms with van der Waals surface area (Å²) in [5.74, 6) is -1.12. The lowest BCUT2D eigenvalue weighted by molar-refractivity contribution is -0.144. The first-order valence-electron chi connectivity index (χ1n) is 9.19. The number of nitrogens with one attached hydrogen (secondary N) is 1. The van der Waals surface area contributed by atoms with Gasteiger partial charge in [-0.1, -0.05) is 44.2 Å². The Balaban J connectivity index is 1.91. The third kappa shape index (κ3) is 6.06. The van der Waals surface area contributed by atoms with Gasteiger partial charge in [0.15, 0.2) is 12.4 Å². The van der Waals surface area contributed by atoms with Crippen molar-refractivity contribution in [1.29, 1.82) is 0 Å². The smallest absolute Gasteiger partial charge is 0.313 e. The monoisotopic (exact) mass is 367 g/mol. The van der Waals surface area contributed by atoms with E-state index in [1.165, 1.54) is 0 Å². The van der Waals surface area contributed by atoms with Crippen molar-refractivity contribution in [1.82, 2.24) is 0 Å². The first-order chi connectivity index (χ1) is 13.0. The lowest BCUT2D eigenvalue weighted by Gasteiger charge is -2.14. The van der Waals surface area contributed by atoms with Gasteiger partial charge < -0.3 is 10.1 Å². The minimum Gasteiger partial charge on any atom is -0.457 e. The second kappa shape index (κ2) is 10.3. The molecule has 0 saturated heterocycles. The lowest BCUT2D eigenvalue weighted by atomic mass is 9.97. The summed E-state index contributed by atoms with van der Waals surface area (Å²) >= 11 is 0. The number of amides is 1. The number of carbonyl (C=O) groups is 3. The molecule has 0 radical (unpaired) electrons. The molecule has 1 unspecified atom stereocenters. The van der Waals surface area contributed by atoms with Crippen LogP contribution in [-0.4, -0.2) is 24.3 Å². The average molecular weight is 367 g/mol. The topological polar surface area (TPSA) is 72.5 Å². The minimum absolute atomic E-state index is 0.0583. The highest BCUT2D eigenvalue weighted by molar-refractivity contribution is 5.99. The normalized spacial score (nSPS) is 11.5. The van der Waals surface area contributed by atoms with Crippen molar-refractivity contribution in [2.24, 2.45) is 0 Å². The summed E-state index contributed by atoms with van der Waals surface area (Å²) < 4.78 is 5.23. The predicted octanol–water partition coefficient (Wildman–Crippen LogP) is 4.34. The molecule has 5 nitrogen and oxygen atoms in total. The van der Waals surface area contributed by atoms with Crippen LogP contribution in [0, 0.1) is 0 Å². The van der Waals surface area contributed by atoms with E-state index < -0.39 is 5.97 Å². The molecule has 1 N–H and O–H groups in total. The summed E-state index contributed by atoms with van der Waals surface area (Å²) in [5, 5.41) is 2.76. The highest BCUT2D eigenvalue weighted by atomic mass is 16.5. The Bertz CT molecular complexity index is 769. The molecule has 142 valence electrons. The van der Waals surface area contributed by atoms with E-state index in [1.807, 2.05) is 44.2 Å². The molecule has 2 aromatic carbocycles. The zero-order valence-electron chi connectivity index (χ0n) is 15.7. The molecule has 0 aromatic heterocycles. The summed E-state index contributed by atoms with van der Waals surface area (Å²) in [5.41, 5.74) is 1.95. The fourth-order valence-corrected chi connectivity index (χ4v) is 2.73. The second-order valence-electron chi connectivity index (χ2n) is 6.28. The van der Waals surface area contributed by atoms with Gasteiger partial charge in [-0.05, 0) is 42.7 Å². The highest BCUT2D eigenvalue weighted by Crippen LogP contribution is 2.21. The number of anilines is 1. The average Bonchev–Trinajstić information content (AvgIpc) is 2.68. The number of Topliss-reactive ketones (excluding diaryl/α,β-unsaturated/α-hetero) is 1. The van der Waals surface area contributed by atoms with Crippen LogP contribution in [0.1, 0.15) is 54.9 Å². The zero-order chi connectivity index (χ0) is 19.6. The van der Waals surface area contributed by atoms with E-state index >= 15 is 0 Å². The summed E-state index contributed by atoms with van der Waals surface area (Å²) in [6.45, 7) is 3.54. The fourth-order valence-electron chi connectivity index (χ4n) is 2.73. The maximum atomic E-state index is 12.3. The third-order valence-electron chi connectivity index (χ3n) is 4.21. The molecule has 0 aliphatic heterocycles. The van der Waals surface area contributed by atoms with Gasteiger partial charge in [0.05, 0.1) is 5.92 Å². The van der Waals surface area contributed by atoms with Crippen LogP contribution in [-0.2, 0) is 14.3 Å². The molecule has 2 rings (SSSR count). The van der Waals surface area contributed by atoms with Gasteiger partial charge in [0.1, 0.15) is 0 Å². The van der Waals surface area contributed by atoms with Gasteiger partial charge in [-0.3, -0.25) is 14.4 Å². The molecular formula is C22H25NO4. The van der Waals surface area contributed by atoms with Gasteiger partial charge in [-0.15, -0.1) is 0 Å². The van der Waals surface area contributed by atoms with Crippen LogP contribution in [0.2, 0.25) is 0 Å². The third-order valence-corrected chi connectivity index (χ3v) is 4.21. The SMILES string of the molecule is CCCC(=O)Nc1ccc(C(=O)COC(=O)C(CC)c2ccccc2)cc1. The lowest BCUT2D eigenvalue weighted by Crippen LogP contribution is -2.20. The molecule has 1 atom stereocenters. The zero-order valence-corrected chi connectivity index (χ0v) is 15.7. The van der Waals surface area contributed by atoms with Gasteiger partial charge in [-0.25, -0.2) is 0 Å². The molecule has 0 saturated carbocycles. The molecule has 0 spiro atoms. The van der Waals surface area contributed by atoms with Gasteiger partial charge in [0.25, 0.3) is 0 Å². The first-order valence-corrected chi connectivity index (χ1v) is 9.19. The fraction of sp³-hybridized carbons (Fsp3) is 0.318. The van der Waals surface area contributed by atoms with Crippen molar-refractivity contribution in [2.45, 2.75) is 39.0 Å². The largest absolute Gasteiger partial charge is 0.457 e. The van der Waals surface area contributed by atoms with Crippen molar-refractivity contribution in [3.8, 4) is 0 Å². The Kier molecular flexibility index (Phi) is 7.74. The van der Waals surface area contributed by atoms with Gasteiger partial charge in [-0.2, -0.15) is 0 Å². The summed E-state index contributed by atoms with van der Waals surface area (Å²) in [6.07, 6.45) is 1.83. The standard InChI is InChI=1S/C22H25NO4/c1-3-8-21(25)23-18-13-11-17(12-14-18)20(24)15-27-22(26)19(4-2)16-9-6-5-7-10-16/h5-7,9-14,19H,3-4,8,15H2,1-2H3,(H,23,25). The van der Waals surface area contributed by atoms with E-state index in [1.54, 1.807) is 24.3 Å². The molecule has 5 heteroatoms. The molecular weight excluding hydrogens is 342 g/mol. The van der Waals surface area contributed by atoms with Crippen molar-refractivity contribution >= 4 is 23.3 Å². The number of esters is 1. The first kappa shape index (κ1) is 20.4. The number of rotatable bonds is 9. The number of hydrogen-bond acceptors (Lipinski definition) is 4. The van der Waals surface area contributed by atoms with Gasteiger partial charge in [0, 0.05) is 17.7 Å². The van der Waals surface area contributed by atoms with Crippen molar-refractivity contribution in [3.05, 3.63) is 65.7 Å². The van der Waals surface area contributed by atoms with Crippen LogP contribution < -0.4 is 5.32 Å². The van der Waals surface area contributed by atoms with E-state index in [0.29, 0.717) is 24.1 Å². The number of ketones is 1. The predicted molar refractivity (Wildman–Crippen MR) is 105 cm³/mol. The van der Waals surface area contributed by atoms with Crippen LogP contribution in [0.3, 0.4) is 0 Å². The Hall–Kier alpha value is -2.95. The Labute approximate surface area is 159 Å². The van der Waals surface area contributed by atoms with Crippen molar-refractivity contribution in [3.63, 3.8) is 0 Å². The number of hydrogen-bond donors (Lipinski definition) is 1. The number of benzene rings is 2. The van der Waals surface area contributed by atoms with Crippen molar-refractivity contribution in [2.75, 3.05) is 11.9 Å². The van der Waals surface area contributed by atoms with Gasteiger partial charge >= 0.3 is 5.97 Å². The van der Waals surface area contributed by atoms with Crippen LogP contribution in [0.4, 0.5) is 5.69 Å². The Morgan fingerprint density at radius 2 is 1.63 bits per heavy atom. The van der Waals surface area contributed by atoms with E-state index in [-0.39, 0.29) is 24.2 Å². The molecule has 0 aliphatic carbocycles. The minimum atomic E-state index is -0.402. The molecule has 27 heavy (non-hydrogen) atoms. The van der Waals surface area contributed by atoms with Crippen LogP contribution in [0.5, 0.6) is 0 Å². The molecule has 0 aliphatic rings. The summed E-state index contributed by atoms with van der Waals surface area (Å²) in [4.78, 5) is 36.2. The number of carbonyl (C=O) groups excluding carboxylic acids is 3. The summed E-state index contributed by atoms with van der Waals surface area (Å²) in [6, 6.07) is 16.0. The maximum Gasteiger partial charge on any atom is 0.313 e. The molecule has 0 bridgehead atoms. The van der Waals surface area contributed by atoms with Crippen LogP contribution >= 0.6 is 0 Å². The van der Waals surface area contributed by atoms with Crippen LogP contribution in [0.15, 0.2) is 54.6 Å². The Morgan fingerprint density at radius 1 is 0.963 bits per heavy atom. The van der Waals surface area contributed by atoms with Gasteiger partial charge in [0.2, 0.25) is 5.91 Å². The molecule has 2 aromatic rings. The molecule has 1 amide bonds. The van der Waals surface area contributed by atoms with Crippen LogP contribution in [0.25, 0.3) is 0 Å². The van der Waals surface area contributed by atoms with E-state index in [0.717, 1.165) is 12.0 Å².